The van der Waals surface area contributed by atoms with Crippen molar-refractivity contribution in [2.45, 2.75) is 19.3 Å². The predicted molar refractivity (Wildman–Crippen MR) is 65.5 cm³/mol. The summed E-state index contributed by atoms with van der Waals surface area (Å²) in [6, 6.07) is 10.4. The smallest absolute Gasteiger partial charge is 0.234 e. The number of nitrogens with one attached hydrogen (secondary N) is 1. The Morgan fingerprint density at radius 1 is 1.31 bits per heavy atom. The minimum Gasteiger partial charge on any atom is -0.354 e. The third kappa shape index (κ3) is 2.99. The Morgan fingerprint density at radius 3 is 2.56 bits per heavy atom. The van der Waals surface area contributed by atoms with E-state index >= 15 is 0 Å². The number of benzene rings is 1. The second kappa shape index (κ2) is 4.88. The van der Waals surface area contributed by atoms with Gasteiger partial charge in [0.1, 0.15) is 5.88 Å². The number of hydrogen-bond donors (Lipinski definition) is 1. The molecule has 0 heterocycles. The van der Waals surface area contributed by atoms with Gasteiger partial charge in [-0.25, -0.2) is 0 Å². The number of carbonyl (C=O) groups excluding carboxylic acids is 1. The van der Waals surface area contributed by atoms with Crippen molar-refractivity contribution in [2.24, 2.45) is 5.41 Å². The van der Waals surface area contributed by atoms with Crippen LogP contribution in [-0.4, -0.2) is 18.3 Å². The Hall–Kier alpha value is -1.02. The molecular weight excluding hydrogens is 222 g/mol. The van der Waals surface area contributed by atoms with Crippen LogP contribution < -0.4 is 5.32 Å². The van der Waals surface area contributed by atoms with Gasteiger partial charge in [-0.3, -0.25) is 4.79 Å². The molecule has 1 aliphatic rings. The second-order valence-corrected chi connectivity index (χ2v) is 4.84. The average Bonchev–Trinajstić information content (AvgIpc) is 3.08. The highest BCUT2D eigenvalue weighted by Crippen LogP contribution is 2.47. The third-order valence-corrected chi connectivity index (χ3v) is 3.40. The number of halogens is 1. The highest BCUT2D eigenvalue weighted by atomic mass is 35.5. The Labute approximate surface area is 101 Å². The number of rotatable bonds is 5. The summed E-state index contributed by atoms with van der Waals surface area (Å²) in [5.74, 6) is -0.0116. The third-order valence-electron chi connectivity index (χ3n) is 3.16. The molecule has 1 aromatic rings. The minimum atomic E-state index is -0.0685. The summed E-state index contributed by atoms with van der Waals surface area (Å²) < 4.78 is 0. The molecule has 2 rings (SSSR count). The molecule has 0 aromatic heterocycles. The normalized spacial score (nSPS) is 16.8. The van der Waals surface area contributed by atoms with E-state index in [-0.39, 0.29) is 11.8 Å². The number of hydrogen-bond acceptors (Lipinski definition) is 1. The van der Waals surface area contributed by atoms with Crippen molar-refractivity contribution in [1.82, 2.24) is 5.32 Å². The first-order valence-corrected chi connectivity index (χ1v) is 6.14. The molecule has 0 saturated heterocycles. The summed E-state index contributed by atoms with van der Waals surface area (Å²) in [7, 11) is 0. The number of carbonyl (C=O) groups is 1. The van der Waals surface area contributed by atoms with Crippen molar-refractivity contribution in [2.75, 3.05) is 12.4 Å². The largest absolute Gasteiger partial charge is 0.354 e. The van der Waals surface area contributed by atoms with Crippen molar-refractivity contribution in [3.05, 3.63) is 35.9 Å². The first-order valence-electron chi connectivity index (χ1n) is 5.61. The second-order valence-electron chi connectivity index (χ2n) is 4.57. The molecule has 1 aromatic carbocycles. The van der Waals surface area contributed by atoms with Crippen LogP contribution in [0.4, 0.5) is 0 Å². The van der Waals surface area contributed by atoms with Crippen LogP contribution in [0.2, 0.25) is 0 Å². The van der Waals surface area contributed by atoms with Crippen LogP contribution in [0.3, 0.4) is 0 Å². The maximum Gasteiger partial charge on any atom is 0.234 e. The molecule has 0 bridgehead atoms. The predicted octanol–water partition coefficient (Wildman–Crippen LogP) is 2.36. The van der Waals surface area contributed by atoms with Gasteiger partial charge in [0.25, 0.3) is 0 Å². The van der Waals surface area contributed by atoms with Crippen LogP contribution in [0, 0.1) is 5.41 Å². The molecule has 2 nitrogen and oxygen atoms in total. The molecule has 1 fully saturated rings. The number of alkyl halides is 1. The zero-order valence-corrected chi connectivity index (χ0v) is 9.96. The molecule has 0 atom stereocenters. The lowest BCUT2D eigenvalue weighted by atomic mass is 9.96. The quantitative estimate of drug-likeness (QED) is 0.783. The molecule has 1 N–H and O–H groups in total. The van der Waals surface area contributed by atoms with E-state index in [1.54, 1.807) is 0 Å². The van der Waals surface area contributed by atoms with E-state index in [2.05, 4.69) is 29.6 Å². The maximum atomic E-state index is 11.1. The van der Waals surface area contributed by atoms with Crippen LogP contribution in [0.15, 0.2) is 30.3 Å². The van der Waals surface area contributed by atoms with Crippen LogP contribution in [0.5, 0.6) is 0 Å². The summed E-state index contributed by atoms with van der Waals surface area (Å²) in [5.41, 5.74) is 1.64. The summed E-state index contributed by atoms with van der Waals surface area (Å²) in [4.78, 5) is 11.1. The lowest BCUT2D eigenvalue weighted by Crippen LogP contribution is -2.31. The van der Waals surface area contributed by atoms with E-state index in [1.165, 1.54) is 18.4 Å². The fourth-order valence-corrected chi connectivity index (χ4v) is 2.05. The van der Waals surface area contributed by atoms with E-state index in [0.29, 0.717) is 5.41 Å². The van der Waals surface area contributed by atoms with Crippen LogP contribution in [0.25, 0.3) is 0 Å². The zero-order valence-electron chi connectivity index (χ0n) is 9.21. The Bertz CT molecular complexity index is 359. The molecule has 1 saturated carbocycles. The van der Waals surface area contributed by atoms with Gasteiger partial charge >= 0.3 is 0 Å². The summed E-state index contributed by atoms with van der Waals surface area (Å²) >= 11 is 5.45. The molecule has 1 aliphatic carbocycles. The SMILES string of the molecule is O=C(CCl)NCC1(Cc2ccccc2)CC1. The molecule has 0 unspecified atom stereocenters. The standard InChI is InChI=1S/C13H16ClNO/c14-9-12(16)15-10-13(6-7-13)8-11-4-2-1-3-5-11/h1-5H,6-10H2,(H,15,16). The fourth-order valence-electron chi connectivity index (χ4n) is 1.96. The molecule has 0 aliphatic heterocycles. The van der Waals surface area contributed by atoms with Crippen LogP contribution >= 0.6 is 11.6 Å². The first-order chi connectivity index (χ1) is 7.74. The summed E-state index contributed by atoms with van der Waals surface area (Å²) in [6.07, 6.45) is 3.45. The van der Waals surface area contributed by atoms with Gasteiger partial charge in [-0.05, 0) is 30.2 Å². The van der Waals surface area contributed by atoms with Crippen LogP contribution in [-0.2, 0) is 11.2 Å². The molecule has 1 amide bonds. The fraction of sp³-hybridized carbons (Fsp3) is 0.462. The van der Waals surface area contributed by atoms with Gasteiger partial charge in [-0.1, -0.05) is 30.3 Å². The first kappa shape index (κ1) is 11.5. The maximum absolute atomic E-state index is 11.1. The van der Waals surface area contributed by atoms with Gasteiger partial charge < -0.3 is 5.32 Å². The minimum absolute atomic E-state index is 0.0570. The van der Waals surface area contributed by atoms with Gasteiger partial charge in [-0.2, -0.15) is 0 Å². The zero-order chi connectivity index (χ0) is 11.4. The van der Waals surface area contributed by atoms with Crippen molar-refractivity contribution < 1.29 is 4.79 Å². The van der Waals surface area contributed by atoms with Gasteiger partial charge in [0.05, 0.1) is 0 Å². The molecule has 0 radical (unpaired) electrons. The lowest BCUT2D eigenvalue weighted by Gasteiger charge is -2.15. The highest BCUT2D eigenvalue weighted by Gasteiger charge is 2.42. The molecule has 0 spiro atoms. The molecule has 3 heteroatoms. The van der Waals surface area contributed by atoms with E-state index < -0.39 is 0 Å². The molecule has 16 heavy (non-hydrogen) atoms. The monoisotopic (exact) mass is 237 g/mol. The topological polar surface area (TPSA) is 29.1 Å². The average molecular weight is 238 g/mol. The van der Waals surface area contributed by atoms with Crippen molar-refractivity contribution in [3.63, 3.8) is 0 Å². The van der Waals surface area contributed by atoms with Crippen molar-refractivity contribution in [1.29, 1.82) is 0 Å². The van der Waals surface area contributed by atoms with E-state index in [1.807, 2.05) is 6.07 Å². The van der Waals surface area contributed by atoms with E-state index in [9.17, 15) is 4.79 Å². The Morgan fingerprint density at radius 2 is 2.00 bits per heavy atom. The highest BCUT2D eigenvalue weighted by molar-refractivity contribution is 6.27. The van der Waals surface area contributed by atoms with E-state index in [4.69, 9.17) is 11.6 Å². The Balaban J connectivity index is 1.87. The summed E-state index contributed by atoms with van der Waals surface area (Å²) in [5, 5.41) is 2.88. The van der Waals surface area contributed by atoms with Gasteiger partial charge in [0, 0.05) is 6.54 Å². The van der Waals surface area contributed by atoms with Gasteiger partial charge in [0.2, 0.25) is 5.91 Å². The lowest BCUT2D eigenvalue weighted by molar-refractivity contribution is -0.118. The Kier molecular flexibility index (Phi) is 3.49. The number of amides is 1. The molecular formula is C13H16ClNO. The van der Waals surface area contributed by atoms with Crippen molar-refractivity contribution in [3.8, 4) is 0 Å². The van der Waals surface area contributed by atoms with Crippen LogP contribution in [0.1, 0.15) is 18.4 Å². The van der Waals surface area contributed by atoms with E-state index in [0.717, 1.165) is 13.0 Å². The van der Waals surface area contributed by atoms with Crippen molar-refractivity contribution >= 4 is 17.5 Å². The van der Waals surface area contributed by atoms with Gasteiger partial charge in [-0.15, -0.1) is 11.6 Å². The molecule has 86 valence electrons. The summed E-state index contributed by atoms with van der Waals surface area (Å²) in [6.45, 7) is 0.757. The van der Waals surface area contributed by atoms with Gasteiger partial charge in [0.15, 0.2) is 0 Å².